The quantitative estimate of drug-likeness (QED) is 0.616. The van der Waals surface area contributed by atoms with Gasteiger partial charge in [0.2, 0.25) is 0 Å². The molecule has 0 saturated heterocycles. The highest BCUT2D eigenvalue weighted by Crippen LogP contribution is 2.21. The highest BCUT2D eigenvalue weighted by molar-refractivity contribution is 6.12. The fourth-order valence-corrected chi connectivity index (χ4v) is 2.86. The molecule has 0 spiro atoms. The molecule has 0 saturated carbocycles. The number of aryl methyl sites for hydroxylation is 2. The Morgan fingerprint density at radius 3 is 2.88 bits per heavy atom. The number of amides is 1. The molecule has 6 nitrogen and oxygen atoms in total. The van der Waals surface area contributed by atoms with Gasteiger partial charge in [0, 0.05) is 24.0 Å². The Bertz CT molecular complexity index is 1080. The number of hydrogen-bond donors (Lipinski definition) is 1. The van der Waals surface area contributed by atoms with Crippen LogP contribution in [0.2, 0.25) is 0 Å². The smallest absolute Gasteiger partial charge is 0.257 e. The lowest BCUT2D eigenvalue weighted by molar-refractivity contribution is 0.102. The van der Waals surface area contributed by atoms with Crippen LogP contribution in [0.25, 0.3) is 21.9 Å². The van der Waals surface area contributed by atoms with Gasteiger partial charge in [-0.15, -0.1) is 0 Å². The summed E-state index contributed by atoms with van der Waals surface area (Å²) in [6.45, 7) is 1.92. The van der Waals surface area contributed by atoms with Gasteiger partial charge in [-0.2, -0.15) is 5.10 Å². The average molecular weight is 317 g/mol. The van der Waals surface area contributed by atoms with E-state index in [0.717, 1.165) is 22.1 Å². The maximum atomic E-state index is 12.7. The van der Waals surface area contributed by atoms with Crippen LogP contribution < -0.4 is 5.32 Å². The normalized spacial score (nSPS) is 11.1. The van der Waals surface area contributed by atoms with Gasteiger partial charge in [-0.1, -0.05) is 18.2 Å². The SMILES string of the molecule is Cc1nn(C)c2ncc(NC(=O)c3cccc4cccnc34)cc12. The molecule has 0 atom stereocenters. The minimum absolute atomic E-state index is 0.206. The Labute approximate surface area is 138 Å². The van der Waals surface area contributed by atoms with Crippen LogP contribution in [0.5, 0.6) is 0 Å². The third-order valence-corrected chi connectivity index (χ3v) is 4.00. The van der Waals surface area contributed by atoms with E-state index in [0.29, 0.717) is 16.8 Å². The number of hydrogen-bond acceptors (Lipinski definition) is 4. The van der Waals surface area contributed by atoms with Crippen LogP contribution in [0.1, 0.15) is 16.1 Å². The number of nitrogens with zero attached hydrogens (tertiary/aromatic N) is 4. The van der Waals surface area contributed by atoms with Crippen molar-refractivity contribution in [1.82, 2.24) is 19.7 Å². The topological polar surface area (TPSA) is 72.7 Å². The van der Waals surface area contributed by atoms with Gasteiger partial charge in [0.05, 0.1) is 28.7 Å². The van der Waals surface area contributed by atoms with Crippen LogP contribution in [0.4, 0.5) is 5.69 Å². The molecule has 0 aliphatic rings. The molecule has 24 heavy (non-hydrogen) atoms. The average Bonchev–Trinajstić information content (AvgIpc) is 2.88. The fraction of sp³-hybridized carbons (Fsp3) is 0.111. The summed E-state index contributed by atoms with van der Waals surface area (Å²) in [5, 5.41) is 9.10. The third kappa shape index (κ3) is 2.28. The van der Waals surface area contributed by atoms with Crippen LogP contribution in [0.15, 0.2) is 48.8 Å². The van der Waals surface area contributed by atoms with E-state index in [1.807, 2.05) is 44.3 Å². The molecule has 0 aliphatic heterocycles. The second-order valence-electron chi connectivity index (χ2n) is 5.64. The largest absolute Gasteiger partial charge is 0.320 e. The van der Waals surface area contributed by atoms with Crippen molar-refractivity contribution in [3.05, 3.63) is 60.0 Å². The first-order valence-corrected chi connectivity index (χ1v) is 7.58. The summed E-state index contributed by atoms with van der Waals surface area (Å²) >= 11 is 0. The first kappa shape index (κ1) is 14.3. The number of rotatable bonds is 2. The van der Waals surface area contributed by atoms with Crippen molar-refractivity contribution in [2.45, 2.75) is 6.92 Å². The number of fused-ring (bicyclic) bond motifs is 2. The lowest BCUT2D eigenvalue weighted by atomic mass is 10.1. The second kappa shape index (κ2) is 5.42. The van der Waals surface area contributed by atoms with Gasteiger partial charge in [-0.25, -0.2) is 4.98 Å². The zero-order chi connectivity index (χ0) is 16.7. The zero-order valence-corrected chi connectivity index (χ0v) is 13.3. The van der Waals surface area contributed by atoms with Crippen molar-refractivity contribution in [2.75, 3.05) is 5.32 Å². The fourth-order valence-electron chi connectivity index (χ4n) is 2.86. The van der Waals surface area contributed by atoms with Gasteiger partial charge >= 0.3 is 0 Å². The molecule has 118 valence electrons. The second-order valence-corrected chi connectivity index (χ2v) is 5.64. The van der Waals surface area contributed by atoms with Crippen LogP contribution in [-0.4, -0.2) is 25.7 Å². The highest BCUT2D eigenvalue weighted by atomic mass is 16.1. The Morgan fingerprint density at radius 2 is 2.00 bits per heavy atom. The minimum atomic E-state index is -0.206. The number of benzene rings is 1. The summed E-state index contributed by atoms with van der Waals surface area (Å²) in [6, 6.07) is 11.2. The van der Waals surface area contributed by atoms with E-state index >= 15 is 0 Å². The van der Waals surface area contributed by atoms with Crippen LogP contribution in [-0.2, 0) is 7.05 Å². The number of aromatic nitrogens is 4. The molecular weight excluding hydrogens is 302 g/mol. The van der Waals surface area contributed by atoms with Crippen LogP contribution in [0, 0.1) is 6.92 Å². The summed E-state index contributed by atoms with van der Waals surface area (Å²) in [5.74, 6) is -0.206. The highest BCUT2D eigenvalue weighted by Gasteiger charge is 2.13. The molecule has 6 heteroatoms. The molecule has 0 aliphatic carbocycles. The van der Waals surface area contributed by atoms with E-state index in [-0.39, 0.29) is 5.91 Å². The summed E-state index contributed by atoms with van der Waals surface area (Å²) in [6.07, 6.45) is 3.33. The first-order chi connectivity index (χ1) is 11.6. The van der Waals surface area contributed by atoms with Gasteiger partial charge in [0.15, 0.2) is 5.65 Å². The molecule has 0 fully saturated rings. The van der Waals surface area contributed by atoms with E-state index in [2.05, 4.69) is 20.4 Å². The lowest BCUT2D eigenvalue weighted by Gasteiger charge is -2.07. The van der Waals surface area contributed by atoms with Crippen molar-refractivity contribution in [3.63, 3.8) is 0 Å². The summed E-state index contributed by atoms with van der Waals surface area (Å²) in [5.41, 5.74) is 3.52. The minimum Gasteiger partial charge on any atom is -0.320 e. The summed E-state index contributed by atoms with van der Waals surface area (Å²) < 4.78 is 1.73. The molecule has 3 heterocycles. The van der Waals surface area contributed by atoms with E-state index in [9.17, 15) is 4.79 Å². The third-order valence-electron chi connectivity index (χ3n) is 4.00. The molecule has 4 aromatic rings. The van der Waals surface area contributed by atoms with Crippen LogP contribution >= 0.6 is 0 Å². The number of anilines is 1. The molecule has 1 aromatic carbocycles. The molecule has 1 N–H and O–H groups in total. The van der Waals surface area contributed by atoms with Gasteiger partial charge < -0.3 is 5.32 Å². The molecule has 1 amide bonds. The van der Waals surface area contributed by atoms with Crippen molar-refractivity contribution < 1.29 is 4.79 Å². The Hall–Kier alpha value is -3.28. The summed E-state index contributed by atoms with van der Waals surface area (Å²) in [4.78, 5) is 21.4. The van der Waals surface area contributed by atoms with Gasteiger partial charge in [-0.3, -0.25) is 14.5 Å². The number of carbonyl (C=O) groups is 1. The standard InChI is InChI=1S/C18H15N5O/c1-11-15-9-13(10-20-17(15)23(2)22-11)21-18(24)14-7-3-5-12-6-4-8-19-16(12)14/h3-10H,1-2H3,(H,21,24). The number of carbonyl (C=O) groups excluding carboxylic acids is 1. The lowest BCUT2D eigenvalue weighted by Crippen LogP contribution is -2.13. The maximum absolute atomic E-state index is 12.7. The number of pyridine rings is 2. The molecule has 0 radical (unpaired) electrons. The predicted octanol–water partition coefficient (Wildman–Crippen LogP) is 3.08. The zero-order valence-electron chi connectivity index (χ0n) is 13.3. The monoisotopic (exact) mass is 317 g/mol. The van der Waals surface area contributed by atoms with Gasteiger partial charge in [-0.05, 0) is 25.1 Å². The maximum Gasteiger partial charge on any atom is 0.257 e. The van der Waals surface area contributed by atoms with Crippen LogP contribution in [0.3, 0.4) is 0 Å². The van der Waals surface area contributed by atoms with Crippen molar-refractivity contribution in [3.8, 4) is 0 Å². The predicted molar refractivity (Wildman–Crippen MR) is 92.9 cm³/mol. The van der Waals surface area contributed by atoms with Gasteiger partial charge in [0.25, 0.3) is 5.91 Å². The van der Waals surface area contributed by atoms with Gasteiger partial charge in [0.1, 0.15) is 0 Å². The first-order valence-electron chi connectivity index (χ1n) is 7.58. The summed E-state index contributed by atoms with van der Waals surface area (Å²) in [7, 11) is 1.85. The molecular formula is C18H15N5O. The van der Waals surface area contributed by atoms with Crippen molar-refractivity contribution in [2.24, 2.45) is 7.05 Å². The van der Waals surface area contributed by atoms with Crippen molar-refractivity contribution >= 4 is 33.5 Å². The molecule has 4 rings (SSSR count). The Kier molecular flexibility index (Phi) is 3.23. The molecule has 0 unspecified atom stereocenters. The number of nitrogens with one attached hydrogen (secondary N) is 1. The van der Waals surface area contributed by atoms with E-state index in [4.69, 9.17) is 0 Å². The molecule has 3 aromatic heterocycles. The Balaban J connectivity index is 1.72. The molecule has 0 bridgehead atoms. The number of para-hydroxylation sites is 1. The van der Waals surface area contributed by atoms with E-state index < -0.39 is 0 Å². The van der Waals surface area contributed by atoms with Crippen molar-refractivity contribution in [1.29, 1.82) is 0 Å². The Morgan fingerprint density at radius 1 is 1.17 bits per heavy atom. The van der Waals surface area contributed by atoms with E-state index in [1.165, 1.54) is 0 Å². The van der Waals surface area contributed by atoms with E-state index in [1.54, 1.807) is 23.1 Å².